The van der Waals surface area contributed by atoms with Crippen molar-refractivity contribution in [2.75, 3.05) is 19.6 Å². The number of hydrogen-bond donors (Lipinski definition) is 0. The standard InChI is InChI=1S/C16H23ClN2/c1-12-10-18-8-4-7-16(18)11-19(12)13(2)14-5-3-6-15(17)9-14/h3,5-6,9,12-13,16H,4,7-8,10-11H2,1-2H3. The second kappa shape index (κ2) is 5.43. The van der Waals surface area contributed by atoms with E-state index in [0.29, 0.717) is 12.1 Å². The Morgan fingerprint density at radius 1 is 1.32 bits per heavy atom. The number of hydrogen-bond acceptors (Lipinski definition) is 2. The van der Waals surface area contributed by atoms with E-state index in [4.69, 9.17) is 11.6 Å². The Kier molecular flexibility index (Phi) is 3.84. The predicted molar refractivity (Wildman–Crippen MR) is 80.6 cm³/mol. The second-order valence-electron chi connectivity index (χ2n) is 6.07. The zero-order chi connectivity index (χ0) is 13.4. The average molecular weight is 279 g/mol. The Hall–Kier alpha value is -0.570. The van der Waals surface area contributed by atoms with Crippen LogP contribution in [0.3, 0.4) is 0 Å². The molecule has 3 atom stereocenters. The molecule has 3 rings (SSSR count). The Morgan fingerprint density at radius 2 is 2.16 bits per heavy atom. The molecule has 2 aliphatic rings. The molecule has 104 valence electrons. The average Bonchev–Trinajstić information content (AvgIpc) is 2.84. The monoisotopic (exact) mass is 278 g/mol. The summed E-state index contributed by atoms with van der Waals surface area (Å²) >= 11 is 6.13. The third kappa shape index (κ3) is 2.67. The maximum absolute atomic E-state index is 6.13. The van der Waals surface area contributed by atoms with E-state index in [1.165, 1.54) is 38.0 Å². The Morgan fingerprint density at radius 3 is 2.95 bits per heavy atom. The van der Waals surface area contributed by atoms with Gasteiger partial charge >= 0.3 is 0 Å². The molecular formula is C16H23ClN2. The Bertz CT molecular complexity index is 448. The van der Waals surface area contributed by atoms with Crippen LogP contribution in [-0.4, -0.2) is 41.5 Å². The highest BCUT2D eigenvalue weighted by Crippen LogP contribution is 2.31. The molecule has 3 unspecified atom stereocenters. The van der Waals surface area contributed by atoms with Gasteiger partial charge in [-0.05, 0) is 50.9 Å². The molecule has 3 heteroatoms. The first-order valence-corrected chi connectivity index (χ1v) is 7.78. The maximum atomic E-state index is 6.13. The number of piperazine rings is 1. The van der Waals surface area contributed by atoms with Crippen LogP contribution in [0.4, 0.5) is 0 Å². The first-order chi connectivity index (χ1) is 9.15. The van der Waals surface area contributed by atoms with Gasteiger partial charge < -0.3 is 0 Å². The van der Waals surface area contributed by atoms with Crippen molar-refractivity contribution in [1.82, 2.24) is 9.80 Å². The van der Waals surface area contributed by atoms with Crippen molar-refractivity contribution in [1.29, 1.82) is 0 Å². The first kappa shape index (κ1) is 13.4. The molecule has 0 radical (unpaired) electrons. The van der Waals surface area contributed by atoms with Gasteiger partial charge in [0.15, 0.2) is 0 Å². The maximum Gasteiger partial charge on any atom is 0.0409 e. The summed E-state index contributed by atoms with van der Waals surface area (Å²) in [6, 6.07) is 10.2. The number of halogens is 1. The normalized spacial score (nSPS) is 30.3. The van der Waals surface area contributed by atoms with Gasteiger partial charge in [0.2, 0.25) is 0 Å². The number of benzene rings is 1. The van der Waals surface area contributed by atoms with E-state index in [1.807, 2.05) is 6.07 Å². The van der Waals surface area contributed by atoms with E-state index in [2.05, 4.69) is 41.8 Å². The Labute approximate surface area is 121 Å². The topological polar surface area (TPSA) is 6.48 Å². The lowest BCUT2D eigenvalue weighted by Crippen LogP contribution is -2.55. The minimum Gasteiger partial charge on any atom is -0.298 e. The minimum atomic E-state index is 0.455. The van der Waals surface area contributed by atoms with E-state index in [9.17, 15) is 0 Å². The highest BCUT2D eigenvalue weighted by atomic mass is 35.5. The van der Waals surface area contributed by atoms with Gasteiger partial charge in [-0.2, -0.15) is 0 Å². The fourth-order valence-corrected chi connectivity index (χ4v) is 3.91. The summed E-state index contributed by atoms with van der Waals surface area (Å²) in [7, 11) is 0. The van der Waals surface area contributed by atoms with Crippen molar-refractivity contribution in [2.45, 2.75) is 44.8 Å². The summed E-state index contributed by atoms with van der Waals surface area (Å²) in [5.41, 5.74) is 1.34. The minimum absolute atomic E-state index is 0.455. The lowest BCUT2D eigenvalue weighted by atomic mass is 10.0. The molecule has 1 aromatic rings. The van der Waals surface area contributed by atoms with E-state index in [0.717, 1.165) is 11.1 Å². The van der Waals surface area contributed by atoms with Crippen LogP contribution in [0.25, 0.3) is 0 Å². The van der Waals surface area contributed by atoms with Crippen molar-refractivity contribution >= 4 is 11.6 Å². The van der Waals surface area contributed by atoms with Gasteiger partial charge in [0.25, 0.3) is 0 Å². The number of fused-ring (bicyclic) bond motifs is 1. The van der Waals surface area contributed by atoms with E-state index >= 15 is 0 Å². The molecule has 2 nitrogen and oxygen atoms in total. The van der Waals surface area contributed by atoms with Crippen LogP contribution in [0.2, 0.25) is 5.02 Å². The third-order valence-corrected chi connectivity index (χ3v) is 5.05. The molecule has 2 saturated heterocycles. The molecule has 0 aliphatic carbocycles. The van der Waals surface area contributed by atoms with Gasteiger partial charge in [0.1, 0.15) is 0 Å². The lowest BCUT2D eigenvalue weighted by Gasteiger charge is -2.45. The lowest BCUT2D eigenvalue weighted by molar-refractivity contribution is 0.0326. The summed E-state index contributed by atoms with van der Waals surface area (Å²) in [5, 5.41) is 0.844. The molecule has 2 aliphatic heterocycles. The van der Waals surface area contributed by atoms with Crippen molar-refractivity contribution < 1.29 is 0 Å². The van der Waals surface area contributed by atoms with Gasteiger partial charge in [-0.15, -0.1) is 0 Å². The highest BCUT2D eigenvalue weighted by Gasteiger charge is 2.36. The number of nitrogens with zero attached hydrogens (tertiary/aromatic N) is 2. The summed E-state index contributed by atoms with van der Waals surface area (Å²) in [6.07, 6.45) is 2.74. The number of rotatable bonds is 2. The molecule has 0 bridgehead atoms. The summed E-state index contributed by atoms with van der Waals surface area (Å²) in [4.78, 5) is 5.32. The molecule has 0 spiro atoms. The third-order valence-electron chi connectivity index (χ3n) is 4.81. The van der Waals surface area contributed by atoms with E-state index in [-0.39, 0.29) is 0 Å². The molecule has 0 N–H and O–H groups in total. The fourth-order valence-electron chi connectivity index (χ4n) is 3.71. The smallest absolute Gasteiger partial charge is 0.0409 e. The van der Waals surface area contributed by atoms with Gasteiger partial charge in [0.05, 0.1) is 0 Å². The molecule has 2 heterocycles. The summed E-state index contributed by atoms with van der Waals surface area (Å²) in [5.74, 6) is 0. The zero-order valence-corrected chi connectivity index (χ0v) is 12.6. The largest absolute Gasteiger partial charge is 0.298 e. The van der Waals surface area contributed by atoms with Gasteiger partial charge in [-0.1, -0.05) is 23.7 Å². The van der Waals surface area contributed by atoms with Crippen molar-refractivity contribution in [2.24, 2.45) is 0 Å². The van der Waals surface area contributed by atoms with Crippen LogP contribution >= 0.6 is 11.6 Å². The molecule has 19 heavy (non-hydrogen) atoms. The van der Waals surface area contributed by atoms with Gasteiger partial charge in [-0.25, -0.2) is 0 Å². The van der Waals surface area contributed by atoms with Crippen LogP contribution in [0.5, 0.6) is 0 Å². The molecule has 0 aromatic heterocycles. The molecular weight excluding hydrogens is 256 g/mol. The van der Waals surface area contributed by atoms with Crippen LogP contribution in [0.1, 0.15) is 38.3 Å². The van der Waals surface area contributed by atoms with Crippen LogP contribution in [0.15, 0.2) is 24.3 Å². The summed E-state index contributed by atoms with van der Waals surface area (Å²) < 4.78 is 0. The Balaban J connectivity index is 1.77. The van der Waals surface area contributed by atoms with Crippen LogP contribution in [0, 0.1) is 0 Å². The molecule has 2 fully saturated rings. The van der Waals surface area contributed by atoms with Crippen LogP contribution in [-0.2, 0) is 0 Å². The molecule has 0 amide bonds. The highest BCUT2D eigenvalue weighted by molar-refractivity contribution is 6.30. The van der Waals surface area contributed by atoms with E-state index in [1.54, 1.807) is 0 Å². The molecule has 0 saturated carbocycles. The second-order valence-corrected chi connectivity index (χ2v) is 6.50. The van der Waals surface area contributed by atoms with Gasteiger partial charge in [-0.3, -0.25) is 9.80 Å². The van der Waals surface area contributed by atoms with E-state index < -0.39 is 0 Å². The summed E-state index contributed by atoms with van der Waals surface area (Å²) in [6.45, 7) is 8.39. The van der Waals surface area contributed by atoms with Crippen molar-refractivity contribution in [3.63, 3.8) is 0 Å². The predicted octanol–water partition coefficient (Wildman–Crippen LogP) is 3.57. The quantitative estimate of drug-likeness (QED) is 0.816. The van der Waals surface area contributed by atoms with Gasteiger partial charge in [0, 0.05) is 36.2 Å². The molecule has 1 aromatic carbocycles. The SMILES string of the molecule is CC1CN2CCCC2CN1C(C)c1cccc(Cl)c1. The van der Waals surface area contributed by atoms with Crippen molar-refractivity contribution in [3.8, 4) is 0 Å². The zero-order valence-electron chi connectivity index (χ0n) is 11.8. The fraction of sp³-hybridized carbons (Fsp3) is 0.625. The van der Waals surface area contributed by atoms with Crippen molar-refractivity contribution in [3.05, 3.63) is 34.9 Å². The first-order valence-electron chi connectivity index (χ1n) is 7.40. The van der Waals surface area contributed by atoms with Crippen LogP contribution < -0.4 is 0 Å².